The molecule has 1 aliphatic carbocycles. The molecule has 0 saturated carbocycles. The minimum Gasteiger partial charge on any atom is -0.507 e. The van der Waals surface area contributed by atoms with Crippen molar-refractivity contribution in [3.63, 3.8) is 0 Å². The van der Waals surface area contributed by atoms with Crippen LogP contribution in [0.5, 0.6) is 5.75 Å². The molecule has 2 aromatic heterocycles. The molecule has 5 rings (SSSR count). The number of amides is 2. The molecule has 0 fully saturated rings. The van der Waals surface area contributed by atoms with Gasteiger partial charge in [-0.2, -0.15) is 5.10 Å². The van der Waals surface area contributed by atoms with Gasteiger partial charge in [0, 0.05) is 22.0 Å². The van der Waals surface area contributed by atoms with E-state index in [2.05, 4.69) is 20.8 Å². The molecule has 4 N–H and O–H groups in total. The number of thiophene rings is 1. The number of benzene rings is 2. The highest BCUT2D eigenvalue weighted by Gasteiger charge is 2.28. The number of carbonyl (C=O) groups excluding carboxylic acids is 2. The van der Waals surface area contributed by atoms with Gasteiger partial charge in [-0.25, -0.2) is 0 Å². The van der Waals surface area contributed by atoms with Gasteiger partial charge in [-0.3, -0.25) is 14.7 Å². The number of aryl methyl sites for hydroxylation is 1. The number of nitrogens with one attached hydrogen (secondary N) is 3. The quantitative estimate of drug-likeness (QED) is 0.276. The van der Waals surface area contributed by atoms with E-state index in [1.54, 1.807) is 18.2 Å². The largest absolute Gasteiger partial charge is 0.507 e. The summed E-state index contributed by atoms with van der Waals surface area (Å²) in [5.41, 5.74) is 3.75. The van der Waals surface area contributed by atoms with Crippen LogP contribution >= 0.6 is 22.9 Å². The summed E-state index contributed by atoms with van der Waals surface area (Å²) in [4.78, 5) is 27.3. The lowest BCUT2D eigenvalue weighted by Crippen LogP contribution is -2.27. The van der Waals surface area contributed by atoms with Gasteiger partial charge < -0.3 is 15.7 Å². The number of rotatable bonds is 7. The number of halogens is 1. The zero-order chi connectivity index (χ0) is 24.4. The Morgan fingerprint density at radius 1 is 1.09 bits per heavy atom. The Hall–Kier alpha value is -3.62. The molecule has 0 aliphatic heterocycles. The molecule has 2 heterocycles. The van der Waals surface area contributed by atoms with Crippen molar-refractivity contribution >= 4 is 39.8 Å². The number of phenolic OH excluding ortho intramolecular Hbond substituents is 1. The maximum atomic E-state index is 13.1. The smallest absolute Gasteiger partial charge is 0.274 e. The number of hydrogen-bond donors (Lipinski definition) is 4. The van der Waals surface area contributed by atoms with Gasteiger partial charge in [-0.15, -0.1) is 11.3 Å². The average Bonchev–Trinajstić information content (AvgIpc) is 3.58. The van der Waals surface area contributed by atoms with Crippen molar-refractivity contribution in [2.75, 3.05) is 11.9 Å². The van der Waals surface area contributed by atoms with Crippen LogP contribution in [-0.4, -0.2) is 33.7 Å². The van der Waals surface area contributed by atoms with Gasteiger partial charge in [0.2, 0.25) is 0 Å². The second-order valence-corrected chi connectivity index (χ2v) is 9.88. The molecule has 1 aliphatic rings. The van der Waals surface area contributed by atoms with Crippen LogP contribution in [0.15, 0.2) is 54.6 Å². The van der Waals surface area contributed by atoms with Gasteiger partial charge >= 0.3 is 0 Å². The third kappa shape index (κ3) is 4.94. The van der Waals surface area contributed by atoms with Crippen LogP contribution in [-0.2, 0) is 19.3 Å². The number of hydrogen-bond acceptors (Lipinski definition) is 5. The fraction of sp³-hybridized carbons (Fsp3) is 0.192. The van der Waals surface area contributed by atoms with Crippen molar-refractivity contribution in [3.05, 3.63) is 86.9 Å². The molecule has 0 atom stereocenters. The van der Waals surface area contributed by atoms with Gasteiger partial charge in [0.1, 0.15) is 16.4 Å². The SMILES string of the molecule is O=C(Nc1sc2c(c1C(=O)NCCc1ccccc1)CCC2)c1cc(-c2cc(Cl)ccc2O)n[nH]1. The molecule has 35 heavy (non-hydrogen) atoms. The number of aromatic hydroxyl groups is 1. The Morgan fingerprint density at radius 3 is 2.74 bits per heavy atom. The molecule has 178 valence electrons. The molecule has 2 amide bonds. The van der Waals surface area contributed by atoms with Crippen molar-refractivity contribution in [1.29, 1.82) is 0 Å². The second kappa shape index (κ2) is 9.93. The molecule has 0 saturated heterocycles. The van der Waals surface area contributed by atoms with Crippen molar-refractivity contribution in [2.45, 2.75) is 25.7 Å². The first-order valence-electron chi connectivity index (χ1n) is 11.3. The Balaban J connectivity index is 1.32. The zero-order valence-corrected chi connectivity index (χ0v) is 20.3. The predicted octanol–water partition coefficient (Wildman–Crippen LogP) is 5.21. The predicted molar refractivity (Wildman–Crippen MR) is 137 cm³/mol. The maximum absolute atomic E-state index is 13.1. The van der Waals surface area contributed by atoms with Gasteiger partial charge in [0.05, 0.1) is 11.3 Å². The summed E-state index contributed by atoms with van der Waals surface area (Å²) in [5, 5.41) is 23.9. The van der Waals surface area contributed by atoms with Crippen LogP contribution in [0, 0.1) is 0 Å². The average molecular weight is 507 g/mol. The first-order chi connectivity index (χ1) is 17.0. The van der Waals surface area contributed by atoms with Crippen molar-refractivity contribution in [1.82, 2.24) is 15.5 Å². The summed E-state index contributed by atoms with van der Waals surface area (Å²) in [6, 6.07) is 16.1. The lowest BCUT2D eigenvalue weighted by Gasteiger charge is -2.09. The fourth-order valence-electron chi connectivity index (χ4n) is 4.25. The Kier molecular flexibility index (Phi) is 6.57. The van der Waals surface area contributed by atoms with Gasteiger partial charge in [-0.1, -0.05) is 41.9 Å². The Labute approximate surface area is 211 Å². The van der Waals surface area contributed by atoms with E-state index < -0.39 is 5.91 Å². The van der Waals surface area contributed by atoms with Crippen LogP contribution in [0.2, 0.25) is 5.02 Å². The number of aromatic nitrogens is 2. The van der Waals surface area contributed by atoms with E-state index in [4.69, 9.17) is 11.6 Å². The number of phenols is 1. The van der Waals surface area contributed by atoms with E-state index in [0.29, 0.717) is 33.4 Å². The molecule has 2 aromatic carbocycles. The van der Waals surface area contributed by atoms with Crippen molar-refractivity contribution in [3.8, 4) is 17.0 Å². The first kappa shape index (κ1) is 23.1. The summed E-state index contributed by atoms with van der Waals surface area (Å²) in [7, 11) is 0. The lowest BCUT2D eigenvalue weighted by molar-refractivity contribution is 0.0954. The minimum atomic E-state index is -0.413. The zero-order valence-electron chi connectivity index (χ0n) is 18.7. The lowest BCUT2D eigenvalue weighted by atomic mass is 10.1. The molecule has 7 nitrogen and oxygen atoms in total. The van der Waals surface area contributed by atoms with E-state index in [1.807, 2.05) is 30.3 Å². The fourth-order valence-corrected chi connectivity index (χ4v) is 5.70. The minimum absolute atomic E-state index is 0.0111. The number of anilines is 1. The van der Waals surface area contributed by atoms with Crippen LogP contribution in [0.4, 0.5) is 5.00 Å². The molecule has 0 spiro atoms. The Morgan fingerprint density at radius 2 is 1.91 bits per heavy atom. The van der Waals surface area contributed by atoms with E-state index in [0.717, 1.165) is 41.7 Å². The van der Waals surface area contributed by atoms with Crippen LogP contribution in [0.3, 0.4) is 0 Å². The molecule has 0 radical (unpaired) electrons. The molecule has 4 aromatic rings. The summed E-state index contributed by atoms with van der Waals surface area (Å²) in [6.45, 7) is 0.508. The Bertz CT molecular complexity index is 1400. The number of aromatic amines is 1. The summed E-state index contributed by atoms with van der Waals surface area (Å²) < 4.78 is 0. The normalized spacial score (nSPS) is 12.4. The van der Waals surface area contributed by atoms with E-state index in [-0.39, 0.29) is 17.4 Å². The number of fused-ring (bicyclic) bond motifs is 1. The number of carbonyl (C=O) groups is 2. The highest BCUT2D eigenvalue weighted by atomic mass is 35.5. The van der Waals surface area contributed by atoms with E-state index in [9.17, 15) is 14.7 Å². The van der Waals surface area contributed by atoms with Crippen molar-refractivity contribution < 1.29 is 14.7 Å². The molecule has 0 unspecified atom stereocenters. The number of H-pyrrole nitrogens is 1. The highest BCUT2D eigenvalue weighted by Crippen LogP contribution is 2.39. The number of nitrogens with zero attached hydrogens (tertiary/aromatic N) is 1. The molecular formula is C26H23ClN4O3S. The molecular weight excluding hydrogens is 484 g/mol. The third-order valence-electron chi connectivity index (χ3n) is 5.97. The highest BCUT2D eigenvalue weighted by molar-refractivity contribution is 7.17. The summed E-state index contributed by atoms with van der Waals surface area (Å²) in [5.74, 6) is -0.578. The van der Waals surface area contributed by atoms with Gasteiger partial charge in [0.25, 0.3) is 11.8 Å². The second-order valence-electron chi connectivity index (χ2n) is 8.34. The van der Waals surface area contributed by atoms with E-state index >= 15 is 0 Å². The van der Waals surface area contributed by atoms with Crippen LogP contribution in [0.25, 0.3) is 11.3 Å². The van der Waals surface area contributed by atoms with Gasteiger partial charge in [0.15, 0.2) is 0 Å². The molecule has 9 heteroatoms. The standard InChI is InChI=1S/C26H23ClN4O3S/c27-16-9-10-21(32)18(13-16)19-14-20(31-30-19)24(33)29-26-23(17-7-4-8-22(17)35-26)25(34)28-12-11-15-5-2-1-3-6-15/h1-3,5-6,9-10,13-14,32H,4,7-8,11-12H2,(H,28,34)(H,29,33)(H,30,31). The monoisotopic (exact) mass is 506 g/mol. The summed E-state index contributed by atoms with van der Waals surface area (Å²) >= 11 is 7.49. The third-order valence-corrected chi connectivity index (χ3v) is 7.42. The first-order valence-corrected chi connectivity index (χ1v) is 12.5. The van der Waals surface area contributed by atoms with Crippen LogP contribution in [0.1, 0.15) is 43.3 Å². The molecule has 0 bridgehead atoms. The topological polar surface area (TPSA) is 107 Å². The van der Waals surface area contributed by atoms with E-state index in [1.165, 1.54) is 17.4 Å². The van der Waals surface area contributed by atoms with Gasteiger partial charge in [-0.05, 0) is 61.1 Å². The summed E-state index contributed by atoms with van der Waals surface area (Å²) in [6.07, 6.45) is 3.47. The van der Waals surface area contributed by atoms with Crippen LogP contribution < -0.4 is 10.6 Å². The maximum Gasteiger partial charge on any atom is 0.274 e. The van der Waals surface area contributed by atoms with Crippen molar-refractivity contribution in [2.24, 2.45) is 0 Å².